The van der Waals surface area contributed by atoms with Gasteiger partial charge in [0.05, 0.1) is 11.4 Å². The Morgan fingerprint density at radius 2 is 2.19 bits per heavy atom. The zero-order chi connectivity index (χ0) is 19.0. The number of pyridine rings is 1. The van der Waals surface area contributed by atoms with Gasteiger partial charge < -0.3 is 10.4 Å². The molecule has 0 bridgehead atoms. The van der Waals surface area contributed by atoms with E-state index in [0.29, 0.717) is 23.6 Å². The van der Waals surface area contributed by atoms with Crippen molar-refractivity contribution in [3.63, 3.8) is 0 Å². The molecule has 1 aliphatic rings. The summed E-state index contributed by atoms with van der Waals surface area (Å²) < 4.78 is 1.59. The number of fused-ring (bicyclic) bond motifs is 1. The molecule has 3 aromatic rings. The number of carbonyl (C=O) groups is 2. The van der Waals surface area contributed by atoms with E-state index in [1.54, 1.807) is 24.0 Å². The van der Waals surface area contributed by atoms with Crippen LogP contribution < -0.4 is 5.32 Å². The van der Waals surface area contributed by atoms with E-state index >= 15 is 0 Å². The lowest BCUT2D eigenvalue weighted by Crippen LogP contribution is -2.55. The molecule has 8 nitrogen and oxygen atoms in total. The zero-order valence-electron chi connectivity index (χ0n) is 14.5. The van der Waals surface area contributed by atoms with Gasteiger partial charge in [-0.2, -0.15) is 11.8 Å². The summed E-state index contributed by atoms with van der Waals surface area (Å²) in [6, 6.07) is 7.59. The van der Waals surface area contributed by atoms with Crippen LogP contribution in [0.15, 0.2) is 36.7 Å². The summed E-state index contributed by atoms with van der Waals surface area (Å²) in [4.78, 5) is 28.5. The molecule has 1 aromatic carbocycles. The normalized spacial score (nSPS) is 19.3. The Morgan fingerprint density at radius 3 is 2.93 bits per heavy atom. The fraction of sp³-hybridized carbons (Fsp3) is 0.278. The molecule has 1 aliphatic heterocycles. The molecular formula is C18H17N5O3S. The quantitative estimate of drug-likeness (QED) is 0.707. The molecule has 2 N–H and O–H groups in total. The van der Waals surface area contributed by atoms with Crippen LogP contribution in [0.5, 0.6) is 0 Å². The maximum Gasteiger partial charge on any atom is 0.330 e. The number of aromatic nitrogens is 4. The van der Waals surface area contributed by atoms with Crippen molar-refractivity contribution in [2.45, 2.75) is 18.9 Å². The summed E-state index contributed by atoms with van der Waals surface area (Å²) >= 11 is 1.51. The molecule has 0 radical (unpaired) electrons. The van der Waals surface area contributed by atoms with E-state index in [2.05, 4.69) is 20.6 Å². The van der Waals surface area contributed by atoms with Crippen LogP contribution in [-0.4, -0.2) is 54.0 Å². The van der Waals surface area contributed by atoms with Crippen molar-refractivity contribution in [3.05, 3.63) is 48.0 Å². The van der Waals surface area contributed by atoms with Crippen LogP contribution in [0.1, 0.15) is 22.6 Å². The standard InChI is InChI=1S/C18H17N5O3S/c1-11-15(16(24)20-18(17(25)26)6-8-27-10-18)21-22-23(11)14-4-2-3-12-9-19-7-5-13(12)14/h2-5,7,9H,6,8,10H2,1H3,(H,20,24)(H,25,26). The Hall–Kier alpha value is -2.94. The minimum atomic E-state index is -1.25. The Morgan fingerprint density at radius 1 is 1.33 bits per heavy atom. The summed E-state index contributed by atoms with van der Waals surface area (Å²) in [5.41, 5.74) is 0.202. The number of thioether (sulfide) groups is 1. The predicted octanol–water partition coefficient (Wildman–Crippen LogP) is 1.81. The van der Waals surface area contributed by atoms with Crippen molar-refractivity contribution in [1.82, 2.24) is 25.3 Å². The number of nitrogens with one attached hydrogen (secondary N) is 1. The van der Waals surface area contributed by atoms with Crippen molar-refractivity contribution in [2.24, 2.45) is 0 Å². The van der Waals surface area contributed by atoms with E-state index in [1.165, 1.54) is 11.8 Å². The number of benzene rings is 1. The molecule has 1 unspecified atom stereocenters. The van der Waals surface area contributed by atoms with Gasteiger partial charge in [0.15, 0.2) is 5.69 Å². The first-order valence-corrected chi connectivity index (χ1v) is 9.56. The van der Waals surface area contributed by atoms with Gasteiger partial charge in [-0.25, -0.2) is 9.48 Å². The minimum Gasteiger partial charge on any atom is -0.479 e. The smallest absolute Gasteiger partial charge is 0.330 e. The number of aliphatic carboxylic acids is 1. The molecular weight excluding hydrogens is 366 g/mol. The molecule has 138 valence electrons. The lowest BCUT2D eigenvalue weighted by molar-refractivity contribution is -0.143. The maximum absolute atomic E-state index is 12.7. The third-order valence-corrected chi connectivity index (χ3v) is 5.97. The lowest BCUT2D eigenvalue weighted by atomic mass is 9.99. The van der Waals surface area contributed by atoms with Crippen molar-refractivity contribution in [2.75, 3.05) is 11.5 Å². The molecule has 4 rings (SSSR count). The van der Waals surface area contributed by atoms with E-state index in [9.17, 15) is 14.7 Å². The lowest BCUT2D eigenvalue weighted by Gasteiger charge is -2.24. The van der Waals surface area contributed by atoms with Crippen LogP contribution in [-0.2, 0) is 4.79 Å². The van der Waals surface area contributed by atoms with Crippen LogP contribution in [0.2, 0.25) is 0 Å². The minimum absolute atomic E-state index is 0.124. The van der Waals surface area contributed by atoms with E-state index in [-0.39, 0.29) is 5.69 Å². The average molecular weight is 383 g/mol. The molecule has 1 atom stereocenters. The molecule has 1 amide bonds. The summed E-state index contributed by atoms with van der Waals surface area (Å²) in [5, 5.41) is 22.2. The highest BCUT2D eigenvalue weighted by atomic mass is 32.2. The van der Waals surface area contributed by atoms with E-state index in [4.69, 9.17) is 0 Å². The molecule has 1 fully saturated rings. The Bertz CT molecular complexity index is 1040. The van der Waals surface area contributed by atoms with E-state index in [1.807, 2.05) is 24.3 Å². The maximum atomic E-state index is 12.7. The SMILES string of the molecule is Cc1c(C(=O)NC2(C(=O)O)CCSC2)nnn1-c1cccc2cnccc12. The van der Waals surface area contributed by atoms with Crippen molar-refractivity contribution >= 4 is 34.4 Å². The summed E-state index contributed by atoms with van der Waals surface area (Å²) in [6.45, 7) is 1.74. The Balaban J connectivity index is 1.70. The van der Waals surface area contributed by atoms with Gasteiger partial charge in [-0.1, -0.05) is 17.3 Å². The zero-order valence-corrected chi connectivity index (χ0v) is 15.4. The van der Waals surface area contributed by atoms with Crippen LogP contribution in [0.25, 0.3) is 16.5 Å². The summed E-state index contributed by atoms with van der Waals surface area (Å²) in [7, 11) is 0. The number of carbonyl (C=O) groups excluding carboxylic acids is 1. The largest absolute Gasteiger partial charge is 0.479 e. The second kappa shape index (κ2) is 6.66. The van der Waals surface area contributed by atoms with Crippen LogP contribution in [0, 0.1) is 6.92 Å². The topological polar surface area (TPSA) is 110 Å². The van der Waals surface area contributed by atoms with Crippen LogP contribution >= 0.6 is 11.8 Å². The Kier molecular flexibility index (Phi) is 4.31. The molecule has 0 saturated carbocycles. The molecule has 0 aliphatic carbocycles. The first-order valence-electron chi connectivity index (χ1n) is 8.41. The van der Waals surface area contributed by atoms with Gasteiger partial charge in [-0.05, 0) is 31.2 Å². The molecule has 9 heteroatoms. The number of carboxylic acids is 1. The van der Waals surface area contributed by atoms with Gasteiger partial charge in [0.1, 0.15) is 5.54 Å². The van der Waals surface area contributed by atoms with Crippen molar-refractivity contribution < 1.29 is 14.7 Å². The first kappa shape index (κ1) is 17.5. The molecule has 27 heavy (non-hydrogen) atoms. The van der Waals surface area contributed by atoms with Gasteiger partial charge in [0.25, 0.3) is 5.91 Å². The van der Waals surface area contributed by atoms with Crippen LogP contribution in [0.3, 0.4) is 0 Å². The Labute approximate surface area is 159 Å². The van der Waals surface area contributed by atoms with E-state index < -0.39 is 17.4 Å². The molecule has 3 heterocycles. The highest BCUT2D eigenvalue weighted by Crippen LogP contribution is 2.29. The summed E-state index contributed by atoms with van der Waals surface area (Å²) in [6.07, 6.45) is 3.84. The number of hydrogen-bond donors (Lipinski definition) is 2. The molecule has 2 aromatic heterocycles. The fourth-order valence-corrected chi connectivity index (χ4v) is 4.55. The molecule has 1 saturated heterocycles. The van der Waals surface area contributed by atoms with Gasteiger partial charge in [-0.3, -0.25) is 9.78 Å². The fourth-order valence-electron chi connectivity index (χ4n) is 3.22. The number of amides is 1. The third-order valence-electron chi connectivity index (χ3n) is 4.78. The van der Waals surface area contributed by atoms with Gasteiger partial charge in [0, 0.05) is 28.9 Å². The van der Waals surface area contributed by atoms with Gasteiger partial charge in [0.2, 0.25) is 0 Å². The third kappa shape index (κ3) is 2.93. The van der Waals surface area contributed by atoms with E-state index in [0.717, 1.165) is 16.5 Å². The summed E-state index contributed by atoms with van der Waals surface area (Å²) in [5.74, 6) is -0.502. The number of rotatable bonds is 4. The highest BCUT2D eigenvalue weighted by Gasteiger charge is 2.44. The number of hydrogen-bond acceptors (Lipinski definition) is 6. The average Bonchev–Trinajstić information content (AvgIpc) is 3.29. The first-order chi connectivity index (χ1) is 13.0. The van der Waals surface area contributed by atoms with Crippen LogP contribution in [0.4, 0.5) is 0 Å². The second-order valence-corrected chi connectivity index (χ2v) is 7.56. The van der Waals surface area contributed by atoms with Gasteiger partial charge >= 0.3 is 5.97 Å². The highest BCUT2D eigenvalue weighted by molar-refractivity contribution is 7.99. The second-order valence-electron chi connectivity index (χ2n) is 6.45. The number of carboxylic acid groups (broad SMARTS) is 1. The monoisotopic (exact) mass is 383 g/mol. The number of nitrogens with zero attached hydrogens (tertiary/aromatic N) is 4. The predicted molar refractivity (Wildman–Crippen MR) is 101 cm³/mol. The van der Waals surface area contributed by atoms with Gasteiger partial charge in [-0.15, -0.1) is 5.10 Å². The van der Waals surface area contributed by atoms with Crippen molar-refractivity contribution in [1.29, 1.82) is 0 Å². The van der Waals surface area contributed by atoms with Crippen molar-refractivity contribution in [3.8, 4) is 5.69 Å². The molecule has 0 spiro atoms.